The summed E-state index contributed by atoms with van der Waals surface area (Å²) in [6.07, 6.45) is 0.106. The number of aliphatic hydroxyl groups is 3. The van der Waals surface area contributed by atoms with E-state index in [1.807, 2.05) is 12.1 Å². The zero-order valence-corrected chi connectivity index (χ0v) is 13.1. The van der Waals surface area contributed by atoms with Crippen molar-refractivity contribution in [1.82, 2.24) is 5.32 Å². The van der Waals surface area contributed by atoms with Crippen LogP contribution in [0.3, 0.4) is 0 Å². The minimum absolute atomic E-state index is 0.478. The molecule has 1 fully saturated rings. The third-order valence-electron chi connectivity index (χ3n) is 3.15. The number of nitrogens with one attached hydrogen (secondary N) is 1. The van der Waals surface area contributed by atoms with Crippen molar-refractivity contribution in [2.45, 2.75) is 18.1 Å². The van der Waals surface area contributed by atoms with Gasteiger partial charge in [-0.15, -0.1) is 0 Å². The van der Waals surface area contributed by atoms with Crippen LogP contribution in [0.15, 0.2) is 24.3 Å². The van der Waals surface area contributed by atoms with Crippen molar-refractivity contribution < 1.29 is 20.1 Å². The number of hydrogen-bond acceptors (Lipinski definition) is 5. The Morgan fingerprint density at radius 1 is 1.14 bits per heavy atom. The number of aliphatic hydroxyl groups excluding tert-OH is 2. The van der Waals surface area contributed by atoms with E-state index in [0.717, 1.165) is 13.1 Å². The summed E-state index contributed by atoms with van der Waals surface area (Å²) in [5.74, 6) is 0. The van der Waals surface area contributed by atoms with Crippen LogP contribution in [0.5, 0.6) is 0 Å². The first-order valence-electron chi connectivity index (χ1n) is 6.70. The fourth-order valence-electron chi connectivity index (χ4n) is 1.83. The Hall–Kier alpha value is -0.400. The molecular formula is C14H21Cl2NO4. The van der Waals surface area contributed by atoms with E-state index in [9.17, 15) is 5.11 Å². The second-order valence-electron chi connectivity index (χ2n) is 4.73. The lowest BCUT2D eigenvalue weighted by Gasteiger charge is -2.31. The lowest BCUT2D eigenvalue weighted by molar-refractivity contribution is -0.150. The molecule has 0 spiro atoms. The van der Waals surface area contributed by atoms with Gasteiger partial charge in [-0.05, 0) is 25.1 Å². The Labute approximate surface area is 134 Å². The molecule has 120 valence electrons. The van der Waals surface area contributed by atoms with Crippen LogP contribution in [0.25, 0.3) is 0 Å². The molecule has 5 nitrogen and oxygen atoms in total. The quantitative estimate of drug-likeness (QED) is 0.663. The second kappa shape index (κ2) is 9.58. The summed E-state index contributed by atoms with van der Waals surface area (Å²) in [6, 6.07) is 7.19. The van der Waals surface area contributed by atoms with E-state index >= 15 is 0 Å². The maximum absolute atomic E-state index is 9.73. The van der Waals surface area contributed by atoms with Crippen molar-refractivity contribution in [2.75, 3.05) is 32.9 Å². The first-order chi connectivity index (χ1) is 10.0. The third kappa shape index (κ3) is 6.08. The van der Waals surface area contributed by atoms with Crippen molar-refractivity contribution in [1.29, 1.82) is 0 Å². The molecule has 1 atom stereocenters. The van der Waals surface area contributed by atoms with E-state index in [0.29, 0.717) is 23.1 Å². The summed E-state index contributed by atoms with van der Waals surface area (Å²) in [5.41, 5.74) is -1.51. The summed E-state index contributed by atoms with van der Waals surface area (Å²) in [7, 11) is 0. The van der Waals surface area contributed by atoms with E-state index in [-0.39, 0.29) is 0 Å². The first-order valence-corrected chi connectivity index (χ1v) is 7.45. The van der Waals surface area contributed by atoms with Gasteiger partial charge in [0, 0.05) is 6.54 Å². The average Bonchev–Trinajstić information content (AvgIpc) is 2.80. The Morgan fingerprint density at radius 3 is 2.19 bits per heavy atom. The fraction of sp³-hybridized carbons (Fsp3) is 0.571. The van der Waals surface area contributed by atoms with Crippen molar-refractivity contribution in [3.63, 3.8) is 0 Å². The van der Waals surface area contributed by atoms with E-state index in [1.165, 1.54) is 0 Å². The summed E-state index contributed by atoms with van der Waals surface area (Å²) in [6.45, 7) is 1.01. The molecule has 1 aliphatic heterocycles. The smallest absolute Gasteiger partial charge is 0.137 e. The maximum Gasteiger partial charge on any atom is 0.137 e. The van der Waals surface area contributed by atoms with Gasteiger partial charge in [-0.1, -0.05) is 35.3 Å². The molecule has 0 saturated carbocycles. The van der Waals surface area contributed by atoms with Gasteiger partial charge in [-0.2, -0.15) is 0 Å². The highest BCUT2D eigenvalue weighted by atomic mass is 35.5. The van der Waals surface area contributed by atoms with Crippen LogP contribution < -0.4 is 5.32 Å². The van der Waals surface area contributed by atoms with Gasteiger partial charge in [0.25, 0.3) is 0 Å². The fourth-order valence-corrected chi connectivity index (χ4v) is 2.10. The zero-order chi connectivity index (χ0) is 15.7. The molecule has 2 rings (SSSR count). The summed E-state index contributed by atoms with van der Waals surface area (Å²) in [4.78, 5) is 0. The minimum atomic E-state index is -1.51. The van der Waals surface area contributed by atoms with Crippen LogP contribution in [0, 0.1) is 0 Å². The van der Waals surface area contributed by atoms with E-state index in [2.05, 4.69) is 5.32 Å². The average molecular weight is 338 g/mol. The molecule has 0 aromatic heterocycles. The van der Waals surface area contributed by atoms with Crippen LogP contribution >= 0.6 is 23.2 Å². The molecule has 1 unspecified atom stereocenters. The predicted molar refractivity (Wildman–Crippen MR) is 82.8 cm³/mol. The molecular weight excluding hydrogens is 317 g/mol. The van der Waals surface area contributed by atoms with Crippen molar-refractivity contribution >= 4 is 23.2 Å². The summed E-state index contributed by atoms with van der Waals surface area (Å²) < 4.78 is 5.32. The lowest BCUT2D eigenvalue weighted by Crippen LogP contribution is -2.50. The number of hydrogen-bond donors (Lipinski definition) is 4. The highest BCUT2D eigenvalue weighted by Crippen LogP contribution is 2.19. The van der Waals surface area contributed by atoms with E-state index in [1.54, 1.807) is 12.1 Å². The Bertz CT molecular complexity index is 387. The topological polar surface area (TPSA) is 82.0 Å². The molecule has 1 heterocycles. The van der Waals surface area contributed by atoms with Gasteiger partial charge in [0.2, 0.25) is 0 Å². The molecule has 4 N–H and O–H groups in total. The Morgan fingerprint density at radius 2 is 1.71 bits per heavy atom. The van der Waals surface area contributed by atoms with E-state index < -0.39 is 24.9 Å². The van der Waals surface area contributed by atoms with Crippen LogP contribution in [0.2, 0.25) is 10.0 Å². The second-order valence-corrected chi connectivity index (χ2v) is 5.55. The van der Waals surface area contributed by atoms with Crippen LogP contribution in [0.4, 0.5) is 0 Å². The van der Waals surface area contributed by atoms with Gasteiger partial charge in [-0.3, -0.25) is 0 Å². The lowest BCUT2D eigenvalue weighted by atomic mass is 9.96. The SMILES string of the molecule is Clc1ccccc1Cl.OCC(O)(CO)C1CCNCCO1. The van der Waals surface area contributed by atoms with Crippen molar-refractivity contribution in [3.05, 3.63) is 34.3 Å². The molecule has 0 radical (unpaired) electrons. The van der Waals surface area contributed by atoms with Crippen molar-refractivity contribution in [2.24, 2.45) is 0 Å². The maximum atomic E-state index is 9.73. The normalized spacial score (nSPS) is 19.4. The van der Waals surface area contributed by atoms with Gasteiger partial charge in [0.1, 0.15) is 5.60 Å². The van der Waals surface area contributed by atoms with Gasteiger partial charge in [-0.25, -0.2) is 0 Å². The van der Waals surface area contributed by atoms with Gasteiger partial charge in [0.15, 0.2) is 0 Å². The number of ether oxygens (including phenoxy) is 1. The molecule has 1 aromatic carbocycles. The van der Waals surface area contributed by atoms with Crippen LogP contribution in [-0.2, 0) is 4.74 Å². The van der Waals surface area contributed by atoms with Gasteiger partial charge >= 0.3 is 0 Å². The zero-order valence-electron chi connectivity index (χ0n) is 11.6. The molecule has 0 aliphatic carbocycles. The van der Waals surface area contributed by atoms with Crippen molar-refractivity contribution in [3.8, 4) is 0 Å². The highest BCUT2D eigenvalue weighted by molar-refractivity contribution is 6.41. The third-order valence-corrected chi connectivity index (χ3v) is 3.91. The predicted octanol–water partition coefficient (Wildman–Crippen LogP) is 1.07. The minimum Gasteiger partial charge on any atom is -0.393 e. The largest absolute Gasteiger partial charge is 0.393 e. The monoisotopic (exact) mass is 337 g/mol. The van der Waals surface area contributed by atoms with Gasteiger partial charge < -0.3 is 25.4 Å². The molecule has 7 heteroatoms. The van der Waals surface area contributed by atoms with Crippen LogP contribution in [0.1, 0.15) is 6.42 Å². The standard InChI is InChI=1S/C8H17NO4.C6H4Cl2/c10-5-8(12,6-11)7-1-2-9-3-4-13-7;7-5-3-1-2-4-6(5)8/h7,9-12H,1-6H2;1-4H. The molecule has 0 bridgehead atoms. The molecule has 0 amide bonds. The number of benzene rings is 1. The Balaban J connectivity index is 0.000000235. The molecule has 21 heavy (non-hydrogen) atoms. The molecule has 1 saturated heterocycles. The molecule has 1 aromatic rings. The number of rotatable bonds is 3. The van der Waals surface area contributed by atoms with E-state index in [4.69, 9.17) is 38.2 Å². The molecule has 1 aliphatic rings. The number of halogens is 2. The first kappa shape index (κ1) is 18.6. The Kier molecular flexibility index (Phi) is 8.51. The summed E-state index contributed by atoms with van der Waals surface area (Å²) in [5, 5.41) is 31.9. The van der Waals surface area contributed by atoms with Crippen LogP contribution in [-0.4, -0.2) is 59.9 Å². The highest BCUT2D eigenvalue weighted by Gasteiger charge is 2.36. The summed E-state index contributed by atoms with van der Waals surface area (Å²) >= 11 is 11.2. The van der Waals surface area contributed by atoms with Gasteiger partial charge in [0.05, 0.1) is 36.0 Å².